The van der Waals surface area contributed by atoms with Crippen molar-refractivity contribution in [3.63, 3.8) is 0 Å². The Labute approximate surface area is 139 Å². The van der Waals surface area contributed by atoms with E-state index in [9.17, 15) is 4.79 Å². The van der Waals surface area contributed by atoms with Gasteiger partial charge in [-0.25, -0.2) is 0 Å². The van der Waals surface area contributed by atoms with E-state index in [1.807, 2.05) is 12.1 Å². The van der Waals surface area contributed by atoms with Gasteiger partial charge in [-0.15, -0.1) is 0 Å². The third kappa shape index (κ3) is 2.44. The van der Waals surface area contributed by atoms with Gasteiger partial charge in [-0.3, -0.25) is 4.79 Å². The first-order valence-electron chi connectivity index (χ1n) is 8.03. The number of aromatic nitrogens is 1. The molecule has 2 aromatic rings. The van der Waals surface area contributed by atoms with Crippen molar-refractivity contribution in [3.8, 4) is 0 Å². The first kappa shape index (κ1) is 17.3. The molecule has 0 fully saturated rings. The van der Waals surface area contributed by atoms with E-state index in [0.717, 1.165) is 22.8 Å². The fraction of sp³-hybridized carbons (Fsp3) is 0.500. The summed E-state index contributed by atoms with van der Waals surface area (Å²) >= 11 is 6.14. The first-order valence-corrected chi connectivity index (χ1v) is 10.6. The van der Waals surface area contributed by atoms with Crippen LogP contribution in [0.25, 0.3) is 10.9 Å². The highest BCUT2D eigenvalue weighted by Crippen LogP contribution is 2.44. The molecule has 0 saturated carbocycles. The topological polar surface area (TPSA) is 22.0 Å². The lowest BCUT2D eigenvalue weighted by Crippen LogP contribution is -2.51. The molecule has 0 aliphatic heterocycles. The van der Waals surface area contributed by atoms with Crippen LogP contribution in [0.2, 0.25) is 21.6 Å². The average molecular weight is 336 g/mol. The van der Waals surface area contributed by atoms with Crippen molar-refractivity contribution in [2.45, 2.75) is 58.2 Å². The van der Waals surface area contributed by atoms with Gasteiger partial charge in [-0.2, -0.15) is 0 Å². The van der Waals surface area contributed by atoms with Crippen molar-refractivity contribution in [1.29, 1.82) is 0 Å². The molecule has 0 bridgehead atoms. The zero-order chi connectivity index (χ0) is 16.7. The Morgan fingerprint density at radius 3 is 2.05 bits per heavy atom. The number of hydrogen-bond donors (Lipinski definition) is 0. The van der Waals surface area contributed by atoms with Crippen LogP contribution in [0.1, 0.15) is 51.9 Å². The van der Waals surface area contributed by atoms with Gasteiger partial charge in [0, 0.05) is 27.7 Å². The summed E-state index contributed by atoms with van der Waals surface area (Å²) in [7, 11) is -1.87. The summed E-state index contributed by atoms with van der Waals surface area (Å²) in [5, 5.41) is 1.65. The van der Waals surface area contributed by atoms with Crippen LogP contribution >= 0.6 is 11.6 Å². The van der Waals surface area contributed by atoms with Crippen LogP contribution in [0.15, 0.2) is 24.4 Å². The van der Waals surface area contributed by atoms with Crippen LogP contribution in [0, 0.1) is 0 Å². The predicted octanol–water partition coefficient (Wildman–Crippen LogP) is 6.13. The van der Waals surface area contributed by atoms with Crippen LogP contribution in [-0.2, 0) is 0 Å². The van der Waals surface area contributed by atoms with Gasteiger partial charge in [0.25, 0.3) is 0 Å². The molecule has 1 aromatic heterocycles. The van der Waals surface area contributed by atoms with Crippen molar-refractivity contribution < 1.29 is 4.79 Å². The van der Waals surface area contributed by atoms with Crippen molar-refractivity contribution in [2.75, 3.05) is 0 Å². The van der Waals surface area contributed by atoms with E-state index >= 15 is 0 Å². The van der Waals surface area contributed by atoms with Gasteiger partial charge >= 0.3 is 0 Å². The van der Waals surface area contributed by atoms with Crippen LogP contribution in [0.5, 0.6) is 0 Å². The maximum Gasteiger partial charge on any atom is 0.169 e. The Morgan fingerprint density at radius 1 is 1.05 bits per heavy atom. The van der Waals surface area contributed by atoms with Crippen molar-refractivity contribution in [3.05, 3.63) is 35.0 Å². The first-order chi connectivity index (χ1) is 10.3. The summed E-state index contributed by atoms with van der Waals surface area (Å²) in [5.74, 6) is 0. The number of fused-ring (bicyclic) bond motifs is 1. The minimum Gasteiger partial charge on any atom is -0.373 e. The Morgan fingerprint density at radius 2 is 1.59 bits per heavy atom. The second-order valence-electron chi connectivity index (χ2n) is 7.09. The van der Waals surface area contributed by atoms with E-state index < -0.39 is 8.24 Å². The molecule has 0 aliphatic carbocycles. The number of aldehydes is 1. The highest BCUT2D eigenvalue weighted by molar-refractivity contribution is 6.82. The monoisotopic (exact) mass is 335 g/mol. The van der Waals surface area contributed by atoms with Crippen LogP contribution in [-0.4, -0.2) is 18.8 Å². The summed E-state index contributed by atoms with van der Waals surface area (Å²) in [6, 6.07) is 5.91. The van der Waals surface area contributed by atoms with Gasteiger partial charge in [-0.05, 0) is 34.8 Å². The third-order valence-electron chi connectivity index (χ3n) is 5.12. The summed E-state index contributed by atoms with van der Waals surface area (Å²) in [6.07, 6.45) is 3.02. The van der Waals surface area contributed by atoms with E-state index in [2.05, 4.69) is 58.0 Å². The van der Waals surface area contributed by atoms with Gasteiger partial charge in [0.2, 0.25) is 0 Å². The molecule has 1 heterocycles. The number of carbonyl (C=O) groups is 1. The van der Waals surface area contributed by atoms with Crippen molar-refractivity contribution in [2.24, 2.45) is 0 Å². The lowest BCUT2D eigenvalue weighted by molar-refractivity contribution is 0.112. The molecule has 0 amide bonds. The quantitative estimate of drug-likeness (QED) is 0.475. The SMILES string of the molecule is CC(C)[Si](C(C)C)(C(C)C)n1cc(C=O)c2cc(Cl)ccc21. The van der Waals surface area contributed by atoms with Crippen LogP contribution < -0.4 is 0 Å². The minimum atomic E-state index is -1.87. The molecule has 0 aliphatic rings. The van der Waals surface area contributed by atoms with Gasteiger partial charge < -0.3 is 4.23 Å². The molecular formula is C18H26ClNOSi. The zero-order valence-electron chi connectivity index (χ0n) is 14.4. The normalized spacial score (nSPS) is 12.8. The largest absolute Gasteiger partial charge is 0.373 e. The van der Waals surface area contributed by atoms with Crippen molar-refractivity contribution in [1.82, 2.24) is 4.23 Å². The molecule has 1 aromatic carbocycles. The summed E-state index contributed by atoms with van der Waals surface area (Å²) in [4.78, 5) is 11.5. The van der Waals surface area contributed by atoms with E-state index in [1.54, 1.807) is 0 Å². The summed E-state index contributed by atoms with van der Waals surface area (Å²) in [5.41, 5.74) is 3.64. The molecule has 4 heteroatoms. The standard InChI is InChI=1S/C18H26ClNOSi/c1-12(2)22(13(3)4,14(5)6)20-10-15(11-21)17-9-16(19)7-8-18(17)20/h7-14H,1-6H3. The molecule has 22 heavy (non-hydrogen) atoms. The smallest absolute Gasteiger partial charge is 0.169 e. The summed E-state index contributed by atoms with van der Waals surface area (Å²) < 4.78 is 2.46. The van der Waals surface area contributed by atoms with E-state index in [-0.39, 0.29) is 0 Å². The molecular weight excluding hydrogens is 310 g/mol. The fourth-order valence-electron chi connectivity index (χ4n) is 4.48. The second-order valence-corrected chi connectivity index (χ2v) is 13.2. The lowest BCUT2D eigenvalue weighted by atomic mass is 10.2. The number of halogens is 1. The molecule has 0 saturated heterocycles. The Balaban J connectivity index is 2.89. The van der Waals surface area contributed by atoms with Gasteiger partial charge in [0.05, 0.1) is 0 Å². The van der Waals surface area contributed by atoms with Gasteiger partial charge in [0.15, 0.2) is 14.5 Å². The Hall–Kier alpha value is -1.06. The number of benzene rings is 1. The van der Waals surface area contributed by atoms with Crippen LogP contribution in [0.4, 0.5) is 0 Å². The van der Waals surface area contributed by atoms with Crippen LogP contribution in [0.3, 0.4) is 0 Å². The lowest BCUT2D eigenvalue weighted by Gasteiger charge is -2.44. The van der Waals surface area contributed by atoms with Gasteiger partial charge in [0.1, 0.15) is 0 Å². The Bertz CT molecular complexity index is 666. The molecule has 0 atom stereocenters. The minimum absolute atomic E-state index is 0.582. The maximum atomic E-state index is 11.5. The van der Waals surface area contributed by atoms with E-state index in [1.165, 1.54) is 0 Å². The molecule has 0 unspecified atom stereocenters. The summed E-state index contributed by atoms with van der Waals surface area (Å²) in [6.45, 7) is 14.0. The maximum absolute atomic E-state index is 11.5. The molecule has 0 N–H and O–H groups in total. The highest BCUT2D eigenvalue weighted by atomic mass is 35.5. The third-order valence-corrected chi connectivity index (χ3v) is 12.1. The number of hydrogen-bond acceptors (Lipinski definition) is 1. The molecule has 2 nitrogen and oxygen atoms in total. The zero-order valence-corrected chi connectivity index (χ0v) is 16.1. The van der Waals surface area contributed by atoms with Crippen molar-refractivity contribution >= 4 is 37.0 Å². The molecule has 0 radical (unpaired) electrons. The number of rotatable bonds is 5. The van der Waals surface area contributed by atoms with E-state index in [0.29, 0.717) is 21.6 Å². The second kappa shape index (κ2) is 6.21. The molecule has 120 valence electrons. The average Bonchev–Trinajstić information content (AvgIpc) is 2.76. The van der Waals surface area contributed by atoms with Gasteiger partial charge in [-0.1, -0.05) is 53.1 Å². The molecule has 0 spiro atoms. The number of carbonyl (C=O) groups excluding carboxylic acids is 1. The predicted molar refractivity (Wildman–Crippen MR) is 98.8 cm³/mol. The highest BCUT2D eigenvalue weighted by Gasteiger charge is 2.45. The van der Waals surface area contributed by atoms with E-state index in [4.69, 9.17) is 11.6 Å². The molecule has 2 rings (SSSR count). The Kier molecular flexibility index (Phi) is 4.88. The fourth-order valence-corrected chi connectivity index (χ4v) is 11.3. The number of nitrogens with zero attached hydrogens (tertiary/aromatic N) is 1.